The average Bonchev–Trinajstić information content (AvgIpc) is 3.17. The van der Waals surface area contributed by atoms with Gasteiger partial charge in [0.1, 0.15) is 12.8 Å². The summed E-state index contributed by atoms with van der Waals surface area (Å²) in [7, 11) is 5.47. The maximum absolute atomic E-state index is 12.5. The topological polar surface area (TPSA) is 115 Å². The van der Waals surface area contributed by atoms with Crippen molar-refractivity contribution in [3.05, 3.63) is 10.6 Å². The third-order valence-electron chi connectivity index (χ3n) is 5.78. The molecule has 0 aromatic heterocycles. The van der Waals surface area contributed by atoms with Gasteiger partial charge in [0, 0.05) is 29.2 Å². The Labute approximate surface area is 175 Å². The highest BCUT2D eigenvalue weighted by atomic mass is 32.2. The number of hydrogen-bond donors (Lipinski definition) is 3. The van der Waals surface area contributed by atoms with E-state index in [1.54, 1.807) is 6.92 Å². The maximum Gasteiger partial charge on any atom is 0.353 e. The molecular formula is C19H30N4O5S. The van der Waals surface area contributed by atoms with Gasteiger partial charge in [-0.3, -0.25) is 4.79 Å². The Morgan fingerprint density at radius 2 is 2.17 bits per heavy atom. The number of nitrogens with zero attached hydrogens (tertiary/aromatic N) is 3. The maximum atomic E-state index is 12.5. The molecular weight excluding hydrogens is 396 g/mol. The van der Waals surface area contributed by atoms with Crippen molar-refractivity contribution in [3.63, 3.8) is 0 Å². The number of carboxylic acid groups (broad SMARTS) is 1. The fraction of sp³-hybridized carbons (Fsp3) is 0.737. The van der Waals surface area contributed by atoms with Gasteiger partial charge in [-0.05, 0) is 27.4 Å². The first-order valence-electron chi connectivity index (χ1n) is 9.80. The summed E-state index contributed by atoms with van der Waals surface area (Å²) in [5.41, 5.74) is 0.984. The van der Waals surface area contributed by atoms with E-state index >= 15 is 0 Å². The zero-order chi connectivity index (χ0) is 21.5. The van der Waals surface area contributed by atoms with E-state index < -0.39 is 18.0 Å². The predicted molar refractivity (Wildman–Crippen MR) is 110 cm³/mol. The quantitative estimate of drug-likeness (QED) is 0.286. The lowest BCUT2D eigenvalue weighted by Crippen LogP contribution is -2.63. The molecule has 2 saturated heterocycles. The molecule has 3 N–H and O–H groups in total. The summed E-state index contributed by atoms with van der Waals surface area (Å²) in [4.78, 5) is 33.5. The molecule has 0 saturated carbocycles. The Hall–Kier alpha value is -1.62. The van der Waals surface area contributed by atoms with Gasteiger partial charge < -0.3 is 30.2 Å². The number of carbonyl (C=O) groups is 2. The third-order valence-corrected chi connectivity index (χ3v) is 7.30. The summed E-state index contributed by atoms with van der Waals surface area (Å²) < 4.78 is 0. The molecule has 6 atom stereocenters. The summed E-state index contributed by atoms with van der Waals surface area (Å²) in [6.07, 6.45) is 0.00407. The number of β-lactam (4-membered cyclic amide) rings is 1. The van der Waals surface area contributed by atoms with Crippen LogP contribution >= 0.6 is 11.8 Å². The number of amides is 1. The largest absolute Gasteiger partial charge is 0.477 e. The van der Waals surface area contributed by atoms with Crippen molar-refractivity contribution < 1.29 is 24.6 Å². The summed E-state index contributed by atoms with van der Waals surface area (Å²) in [5, 5.41) is 27.5. The average molecular weight is 427 g/mol. The molecule has 2 fully saturated rings. The first-order valence-corrected chi connectivity index (χ1v) is 10.7. The van der Waals surface area contributed by atoms with Crippen molar-refractivity contribution in [2.24, 2.45) is 17.0 Å². The number of carboxylic acids is 1. The van der Waals surface area contributed by atoms with Crippen LogP contribution in [0.4, 0.5) is 0 Å². The SMILES string of the molecule is CO/N=C(\CN(C)C)[C@@H]1C[C@H](SC2=C(C(=O)O)N3C(=O)[C@H]([C@@H](C)O)[C@H]3[C@H]2C)CN1. The number of rotatable bonds is 8. The van der Waals surface area contributed by atoms with E-state index in [0.717, 1.165) is 17.0 Å². The van der Waals surface area contributed by atoms with Crippen molar-refractivity contribution in [2.75, 3.05) is 34.3 Å². The van der Waals surface area contributed by atoms with Crippen LogP contribution in [0.5, 0.6) is 0 Å². The van der Waals surface area contributed by atoms with E-state index in [1.165, 1.54) is 23.8 Å². The van der Waals surface area contributed by atoms with Gasteiger partial charge in [-0.1, -0.05) is 12.1 Å². The lowest BCUT2D eigenvalue weighted by Gasteiger charge is -2.46. The molecule has 3 heterocycles. The molecule has 9 nitrogen and oxygen atoms in total. The smallest absolute Gasteiger partial charge is 0.353 e. The van der Waals surface area contributed by atoms with E-state index in [2.05, 4.69) is 10.5 Å². The van der Waals surface area contributed by atoms with Gasteiger partial charge in [-0.15, -0.1) is 11.8 Å². The van der Waals surface area contributed by atoms with Crippen LogP contribution in [0.2, 0.25) is 0 Å². The van der Waals surface area contributed by atoms with Gasteiger partial charge in [-0.2, -0.15) is 0 Å². The van der Waals surface area contributed by atoms with Crippen LogP contribution in [0.25, 0.3) is 0 Å². The van der Waals surface area contributed by atoms with Crippen LogP contribution in [-0.2, 0) is 14.4 Å². The number of aliphatic hydroxyl groups excluding tert-OH is 1. The zero-order valence-corrected chi connectivity index (χ0v) is 18.3. The number of fused-ring (bicyclic) bond motifs is 1. The first kappa shape index (κ1) is 22.1. The van der Waals surface area contributed by atoms with E-state index in [1.807, 2.05) is 25.9 Å². The first-order chi connectivity index (χ1) is 13.7. The minimum atomic E-state index is -1.09. The van der Waals surface area contributed by atoms with Gasteiger partial charge in [-0.25, -0.2) is 4.79 Å². The normalized spacial score (nSPS) is 33.2. The number of carbonyl (C=O) groups excluding carboxylic acids is 1. The second-order valence-corrected chi connectivity index (χ2v) is 9.55. The summed E-state index contributed by atoms with van der Waals surface area (Å²) >= 11 is 1.53. The number of nitrogens with one attached hydrogen (secondary N) is 1. The molecule has 0 spiro atoms. The molecule has 0 bridgehead atoms. The monoisotopic (exact) mass is 426 g/mol. The fourth-order valence-electron chi connectivity index (χ4n) is 4.55. The van der Waals surface area contributed by atoms with E-state index in [-0.39, 0.29) is 34.9 Å². The van der Waals surface area contributed by atoms with Crippen LogP contribution in [-0.4, -0.2) is 95.3 Å². The summed E-state index contributed by atoms with van der Waals surface area (Å²) in [5.74, 6) is -2.03. The molecule has 3 rings (SSSR count). The minimum absolute atomic E-state index is 0.0595. The minimum Gasteiger partial charge on any atom is -0.477 e. The molecule has 0 radical (unpaired) electrons. The lowest BCUT2D eigenvalue weighted by atomic mass is 9.79. The Balaban J connectivity index is 1.75. The Morgan fingerprint density at radius 1 is 1.48 bits per heavy atom. The highest BCUT2D eigenvalue weighted by Gasteiger charge is 2.60. The molecule has 29 heavy (non-hydrogen) atoms. The Morgan fingerprint density at radius 3 is 2.72 bits per heavy atom. The van der Waals surface area contributed by atoms with Crippen molar-refractivity contribution >= 4 is 29.4 Å². The van der Waals surface area contributed by atoms with E-state index in [0.29, 0.717) is 13.1 Å². The summed E-state index contributed by atoms with van der Waals surface area (Å²) in [6, 6.07) is -0.218. The molecule has 162 valence electrons. The van der Waals surface area contributed by atoms with Gasteiger partial charge in [0.25, 0.3) is 0 Å². The number of thioether (sulfide) groups is 1. The molecule has 0 unspecified atom stereocenters. The standard InChI is InChI=1S/C19H30N4O5S/c1-9-15-14(10(2)24)18(25)23(15)16(19(26)27)17(9)29-11-6-12(20-7-11)13(21-28-5)8-22(3)4/h9-12,14-15,20,24H,6-8H2,1-5H3,(H,26,27)/b21-13+/t9-,10-,11+,12+,14-,15-/m1/s1. The van der Waals surface area contributed by atoms with Crippen molar-refractivity contribution in [2.45, 2.75) is 43.7 Å². The highest BCUT2D eigenvalue weighted by Crippen LogP contribution is 2.51. The van der Waals surface area contributed by atoms with E-state index in [9.17, 15) is 19.8 Å². The third kappa shape index (κ3) is 4.03. The van der Waals surface area contributed by atoms with Crippen LogP contribution < -0.4 is 5.32 Å². The van der Waals surface area contributed by atoms with Gasteiger partial charge in [0.15, 0.2) is 0 Å². The van der Waals surface area contributed by atoms with Crippen molar-refractivity contribution in [1.29, 1.82) is 0 Å². The van der Waals surface area contributed by atoms with Gasteiger partial charge in [0.2, 0.25) is 5.91 Å². The van der Waals surface area contributed by atoms with Crippen LogP contribution in [0.3, 0.4) is 0 Å². The molecule has 1 amide bonds. The number of oxime groups is 1. The Kier molecular flexibility index (Phi) is 6.57. The van der Waals surface area contributed by atoms with Crippen LogP contribution in [0, 0.1) is 11.8 Å². The van der Waals surface area contributed by atoms with Crippen molar-refractivity contribution in [3.8, 4) is 0 Å². The molecule has 0 aliphatic carbocycles. The molecule has 3 aliphatic heterocycles. The lowest BCUT2D eigenvalue weighted by molar-refractivity contribution is -0.163. The van der Waals surface area contributed by atoms with Crippen molar-refractivity contribution in [1.82, 2.24) is 15.1 Å². The zero-order valence-electron chi connectivity index (χ0n) is 17.5. The molecule has 10 heteroatoms. The number of aliphatic hydroxyl groups is 1. The van der Waals surface area contributed by atoms with Crippen LogP contribution in [0.1, 0.15) is 20.3 Å². The van der Waals surface area contributed by atoms with Crippen LogP contribution in [0.15, 0.2) is 15.8 Å². The Bertz CT molecular complexity index is 738. The number of aliphatic carboxylic acids is 1. The predicted octanol–water partition coefficient (Wildman–Crippen LogP) is 0.168. The fourth-order valence-corrected chi connectivity index (χ4v) is 6.03. The van der Waals surface area contributed by atoms with Gasteiger partial charge >= 0.3 is 5.97 Å². The second kappa shape index (κ2) is 8.63. The van der Waals surface area contributed by atoms with E-state index in [4.69, 9.17) is 4.84 Å². The molecule has 3 aliphatic rings. The molecule has 0 aromatic carbocycles. The summed E-state index contributed by atoms with van der Waals surface area (Å²) in [6.45, 7) is 4.92. The highest BCUT2D eigenvalue weighted by molar-refractivity contribution is 8.03. The molecule has 0 aromatic rings. The number of hydrogen-bond acceptors (Lipinski definition) is 8. The van der Waals surface area contributed by atoms with Gasteiger partial charge in [0.05, 0.1) is 29.8 Å². The second-order valence-electron chi connectivity index (χ2n) is 8.21.